The Morgan fingerprint density at radius 3 is 2.78 bits per heavy atom. The second-order valence-electron chi connectivity index (χ2n) is 1.43. The maximum Gasteiger partial charge on any atom is 0.129 e. The predicted octanol–water partition coefficient (Wildman–Crippen LogP) is 1.75. The highest BCUT2D eigenvalue weighted by Crippen LogP contribution is 1.83. The topological polar surface area (TPSA) is 21.6 Å². The zero-order chi connectivity index (χ0) is 7.11. The summed E-state index contributed by atoms with van der Waals surface area (Å²) in [5.41, 5.74) is 0. The van der Waals surface area contributed by atoms with Crippen molar-refractivity contribution in [1.29, 1.82) is 0 Å². The van der Waals surface area contributed by atoms with Gasteiger partial charge in [-0.15, -0.1) is 0 Å². The van der Waals surface area contributed by atoms with Crippen LogP contribution in [0.4, 0.5) is 0 Å². The fraction of sp³-hybridized carbons (Fsp3) is 0.286. The molecular formula is C7H11NO. The van der Waals surface area contributed by atoms with Crippen LogP contribution in [0, 0.1) is 0 Å². The minimum Gasteiger partial charge on any atom is -0.496 e. The fourth-order valence-electron chi connectivity index (χ4n) is 0.265. The van der Waals surface area contributed by atoms with Crippen LogP contribution in [0.5, 0.6) is 0 Å². The maximum absolute atomic E-state index is 4.72. The van der Waals surface area contributed by atoms with E-state index in [9.17, 15) is 0 Å². The Kier molecular flexibility index (Phi) is 4.50. The third kappa shape index (κ3) is 4.81. The van der Waals surface area contributed by atoms with Gasteiger partial charge in [-0.05, 0) is 6.92 Å². The second-order valence-corrected chi connectivity index (χ2v) is 1.43. The molecule has 0 aromatic carbocycles. The summed E-state index contributed by atoms with van der Waals surface area (Å²) in [4.78, 5) is 3.83. The number of allylic oxidation sites excluding steroid dienone is 2. The molecule has 2 nitrogen and oxygen atoms in total. The largest absolute Gasteiger partial charge is 0.496 e. The Balaban J connectivity index is 3.57. The summed E-state index contributed by atoms with van der Waals surface area (Å²) < 4.78 is 4.72. The standard InChI is InChI=1S/C7H11NO/c1-4-5-8-6-7(2)9-3/h4-6H,2H2,1,3H3/b5-4-,8-6?. The summed E-state index contributed by atoms with van der Waals surface area (Å²) in [5, 5.41) is 0. The molecule has 0 amide bonds. The number of methoxy groups -OCH3 is 1. The summed E-state index contributed by atoms with van der Waals surface area (Å²) in [6.07, 6.45) is 5.06. The smallest absolute Gasteiger partial charge is 0.129 e. The number of ether oxygens (including phenoxy) is 1. The van der Waals surface area contributed by atoms with E-state index in [-0.39, 0.29) is 0 Å². The van der Waals surface area contributed by atoms with E-state index < -0.39 is 0 Å². The van der Waals surface area contributed by atoms with Crippen molar-refractivity contribution in [2.45, 2.75) is 6.92 Å². The summed E-state index contributed by atoms with van der Waals surface area (Å²) in [5.74, 6) is 0.563. The zero-order valence-corrected chi connectivity index (χ0v) is 5.79. The highest BCUT2D eigenvalue weighted by Gasteiger charge is 1.77. The fourth-order valence-corrected chi connectivity index (χ4v) is 0.265. The number of aliphatic imine (C=N–C) groups is 1. The van der Waals surface area contributed by atoms with Gasteiger partial charge < -0.3 is 4.74 Å². The Morgan fingerprint density at radius 2 is 2.33 bits per heavy atom. The number of hydrogen-bond acceptors (Lipinski definition) is 2. The van der Waals surface area contributed by atoms with E-state index in [1.54, 1.807) is 19.5 Å². The van der Waals surface area contributed by atoms with Crippen LogP contribution >= 0.6 is 0 Å². The first-order chi connectivity index (χ1) is 4.31. The van der Waals surface area contributed by atoms with Gasteiger partial charge in [0.05, 0.1) is 13.3 Å². The van der Waals surface area contributed by atoms with Crippen molar-refractivity contribution >= 4 is 6.21 Å². The molecule has 0 unspecified atom stereocenters. The van der Waals surface area contributed by atoms with Crippen LogP contribution < -0.4 is 0 Å². The Hall–Kier alpha value is -1.05. The average molecular weight is 125 g/mol. The molecule has 9 heavy (non-hydrogen) atoms. The molecule has 0 heterocycles. The van der Waals surface area contributed by atoms with Crippen molar-refractivity contribution in [2.24, 2.45) is 4.99 Å². The lowest BCUT2D eigenvalue weighted by Gasteiger charge is -1.91. The van der Waals surface area contributed by atoms with Crippen LogP contribution in [0.3, 0.4) is 0 Å². The van der Waals surface area contributed by atoms with Crippen LogP contribution in [-0.2, 0) is 4.74 Å². The van der Waals surface area contributed by atoms with Gasteiger partial charge in [0.2, 0.25) is 0 Å². The molecule has 0 aliphatic heterocycles. The van der Waals surface area contributed by atoms with Gasteiger partial charge in [0.15, 0.2) is 0 Å². The minimum atomic E-state index is 0.563. The van der Waals surface area contributed by atoms with Gasteiger partial charge in [0, 0.05) is 6.20 Å². The van der Waals surface area contributed by atoms with Crippen LogP contribution in [0.1, 0.15) is 6.92 Å². The zero-order valence-electron chi connectivity index (χ0n) is 5.79. The minimum absolute atomic E-state index is 0.563. The van der Waals surface area contributed by atoms with Crippen molar-refractivity contribution in [2.75, 3.05) is 7.11 Å². The van der Waals surface area contributed by atoms with E-state index in [2.05, 4.69) is 11.6 Å². The van der Waals surface area contributed by atoms with Crippen molar-refractivity contribution in [3.8, 4) is 0 Å². The third-order valence-electron chi connectivity index (χ3n) is 0.716. The lowest BCUT2D eigenvalue weighted by atomic mass is 10.6. The maximum atomic E-state index is 4.72. The molecule has 0 spiro atoms. The SMILES string of the molecule is C=C(C=N/C=C\C)OC. The van der Waals surface area contributed by atoms with E-state index in [0.29, 0.717) is 5.76 Å². The van der Waals surface area contributed by atoms with Gasteiger partial charge in [-0.25, -0.2) is 0 Å². The highest BCUT2D eigenvalue weighted by atomic mass is 16.5. The number of nitrogens with zero attached hydrogens (tertiary/aromatic N) is 1. The van der Waals surface area contributed by atoms with Crippen LogP contribution in [-0.4, -0.2) is 13.3 Å². The lowest BCUT2D eigenvalue weighted by molar-refractivity contribution is 0.319. The first-order valence-corrected chi connectivity index (χ1v) is 2.68. The molecular weight excluding hydrogens is 114 g/mol. The van der Waals surface area contributed by atoms with E-state index >= 15 is 0 Å². The van der Waals surface area contributed by atoms with Gasteiger partial charge in [-0.1, -0.05) is 12.7 Å². The molecule has 0 radical (unpaired) electrons. The first kappa shape index (κ1) is 7.95. The van der Waals surface area contributed by atoms with Crippen LogP contribution in [0.25, 0.3) is 0 Å². The number of hydrogen-bond donors (Lipinski definition) is 0. The average Bonchev–Trinajstić information content (AvgIpc) is 1.89. The molecule has 0 aliphatic carbocycles. The molecule has 0 N–H and O–H groups in total. The van der Waals surface area contributed by atoms with Gasteiger partial charge in [-0.2, -0.15) is 0 Å². The summed E-state index contributed by atoms with van der Waals surface area (Å²) in [6.45, 7) is 5.44. The molecule has 0 atom stereocenters. The van der Waals surface area contributed by atoms with Crippen molar-refractivity contribution < 1.29 is 4.74 Å². The third-order valence-corrected chi connectivity index (χ3v) is 0.716. The van der Waals surface area contributed by atoms with E-state index in [4.69, 9.17) is 4.74 Å². The van der Waals surface area contributed by atoms with E-state index in [0.717, 1.165) is 0 Å². The molecule has 0 aliphatic rings. The van der Waals surface area contributed by atoms with Gasteiger partial charge in [0.1, 0.15) is 5.76 Å². The van der Waals surface area contributed by atoms with Crippen molar-refractivity contribution in [3.05, 3.63) is 24.6 Å². The van der Waals surface area contributed by atoms with Gasteiger partial charge in [-0.3, -0.25) is 4.99 Å². The molecule has 0 rings (SSSR count). The predicted molar refractivity (Wildman–Crippen MR) is 39.5 cm³/mol. The Bertz CT molecular complexity index is 136. The Morgan fingerprint density at radius 1 is 1.67 bits per heavy atom. The second kappa shape index (κ2) is 5.09. The van der Waals surface area contributed by atoms with E-state index in [1.165, 1.54) is 0 Å². The summed E-state index contributed by atoms with van der Waals surface area (Å²) in [7, 11) is 1.56. The van der Waals surface area contributed by atoms with Gasteiger partial charge >= 0.3 is 0 Å². The van der Waals surface area contributed by atoms with Gasteiger partial charge in [0.25, 0.3) is 0 Å². The molecule has 50 valence electrons. The molecule has 0 saturated carbocycles. The highest BCUT2D eigenvalue weighted by molar-refractivity contribution is 5.75. The lowest BCUT2D eigenvalue weighted by Crippen LogP contribution is -1.82. The van der Waals surface area contributed by atoms with Crippen molar-refractivity contribution in [1.82, 2.24) is 0 Å². The summed E-state index contributed by atoms with van der Waals surface area (Å²) in [6, 6.07) is 0. The van der Waals surface area contributed by atoms with Crippen LogP contribution in [0.2, 0.25) is 0 Å². The van der Waals surface area contributed by atoms with Crippen LogP contribution in [0.15, 0.2) is 29.6 Å². The van der Waals surface area contributed by atoms with Crippen molar-refractivity contribution in [3.63, 3.8) is 0 Å². The normalized spacial score (nSPS) is 10.9. The molecule has 0 aromatic rings. The monoisotopic (exact) mass is 125 g/mol. The first-order valence-electron chi connectivity index (χ1n) is 2.68. The quantitative estimate of drug-likeness (QED) is 0.416. The molecule has 2 heteroatoms. The summed E-state index contributed by atoms with van der Waals surface area (Å²) >= 11 is 0. The molecule has 0 aromatic heterocycles. The molecule has 0 fully saturated rings. The molecule has 0 bridgehead atoms. The van der Waals surface area contributed by atoms with E-state index in [1.807, 2.05) is 13.0 Å². The Labute approximate surface area is 55.6 Å². The molecule has 0 saturated heterocycles. The number of rotatable bonds is 3.